The number of aliphatic hydroxyl groups is 1. The predicted octanol–water partition coefficient (Wildman–Crippen LogP) is 3.61. The van der Waals surface area contributed by atoms with Crippen LogP contribution in [0.5, 0.6) is 34.5 Å². The molecule has 0 fully saturated rings. The number of benzene rings is 3. The van der Waals surface area contributed by atoms with Crippen molar-refractivity contribution in [3.8, 4) is 68.7 Å². The first-order valence-electron chi connectivity index (χ1n) is 14.3. The van der Waals surface area contributed by atoms with Crippen molar-refractivity contribution < 1.29 is 53.8 Å². The third-order valence-corrected chi connectivity index (χ3v) is 6.92. The zero-order valence-electron chi connectivity index (χ0n) is 26.1. The van der Waals surface area contributed by atoms with E-state index in [1.54, 1.807) is 6.92 Å². The number of aromatic nitrogens is 3. The maximum absolute atomic E-state index is 11.8. The van der Waals surface area contributed by atoms with Crippen LogP contribution in [-0.4, -0.2) is 84.9 Å². The van der Waals surface area contributed by atoms with E-state index < -0.39 is 36.7 Å². The Kier molecular flexibility index (Phi) is 10.6. The van der Waals surface area contributed by atoms with E-state index in [0.29, 0.717) is 0 Å². The number of aliphatic hydroxyl groups excluding tert-OH is 1. The number of carbonyl (C=O) groups is 3. The number of hydrogen-bond donors (Lipinski definition) is 4. The summed E-state index contributed by atoms with van der Waals surface area (Å²) in [5.74, 6) is -1.94. The van der Waals surface area contributed by atoms with Gasteiger partial charge >= 0.3 is 5.97 Å². The number of ether oxygens (including phenoxy) is 4. The average molecular weight is 648 g/mol. The van der Waals surface area contributed by atoms with Crippen LogP contribution in [0.3, 0.4) is 0 Å². The molecule has 0 aliphatic rings. The number of esters is 1. The van der Waals surface area contributed by atoms with Crippen molar-refractivity contribution >= 4 is 17.5 Å². The second-order valence-electron chi connectivity index (χ2n) is 10.4. The molecule has 0 aliphatic carbocycles. The maximum atomic E-state index is 11.8. The molecule has 3 atom stereocenters. The lowest BCUT2D eigenvalue weighted by Gasteiger charge is -2.15. The molecule has 3 unspecified atom stereocenters. The zero-order valence-corrected chi connectivity index (χ0v) is 26.1. The lowest BCUT2D eigenvalue weighted by atomic mass is 10.1. The van der Waals surface area contributed by atoms with Crippen molar-refractivity contribution in [3.63, 3.8) is 0 Å². The monoisotopic (exact) mass is 647 g/mol. The summed E-state index contributed by atoms with van der Waals surface area (Å²) in [6, 6.07) is 12.6. The fourth-order valence-electron chi connectivity index (χ4n) is 4.16. The molecule has 4 rings (SSSR count). The number of carbonyl (C=O) groups excluding carboxylic acids is 3. The predicted molar refractivity (Wildman–Crippen MR) is 166 cm³/mol. The van der Waals surface area contributed by atoms with Crippen LogP contribution in [-0.2, 0) is 19.1 Å². The first-order valence-corrected chi connectivity index (χ1v) is 14.3. The quantitative estimate of drug-likeness (QED) is 0.153. The minimum absolute atomic E-state index is 0.0467. The van der Waals surface area contributed by atoms with Crippen molar-refractivity contribution in [3.05, 3.63) is 54.6 Å². The van der Waals surface area contributed by atoms with Gasteiger partial charge < -0.3 is 39.4 Å². The molecule has 1 aromatic heterocycles. The first-order chi connectivity index (χ1) is 22.3. The van der Waals surface area contributed by atoms with Crippen molar-refractivity contribution in [1.82, 2.24) is 15.0 Å². The highest BCUT2D eigenvalue weighted by molar-refractivity contribution is 5.84. The molecule has 0 spiro atoms. The highest BCUT2D eigenvalue weighted by atomic mass is 16.6. The van der Waals surface area contributed by atoms with Crippen molar-refractivity contribution in [2.45, 2.75) is 46.0 Å². The van der Waals surface area contributed by atoms with Gasteiger partial charge in [-0.15, -0.1) is 0 Å². The Morgan fingerprint density at radius 3 is 1.32 bits per heavy atom. The largest absolute Gasteiger partial charge is 0.507 e. The van der Waals surface area contributed by atoms with Crippen LogP contribution in [0.2, 0.25) is 0 Å². The van der Waals surface area contributed by atoms with E-state index in [-0.39, 0.29) is 74.4 Å². The maximum Gasteiger partial charge on any atom is 0.346 e. The molecule has 0 radical (unpaired) electrons. The molecule has 4 N–H and O–H groups in total. The molecule has 0 saturated heterocycles. The summed E-state index contributed by atoms with van der Waals surface area (Å²) in [7, 11) is 1.22. The van der Waals surface area contributed by atoms with E-state index in [2.05, 4.69) is 19.7 Å². The van der Waals surface area contributed by atoms with Gasteiger partial charge in [-0.3, -0.25) is 9.59 Å². The molecule has 0 amide bonds. The zero-order chi connectivity index (χ0) is 34.4. The molecule has 0 aliphatic heterocycles. The summed E-state index contributed by atoms with van der Waals surface area (Å²) in [4.78, 5) is 48.6. The summed E-state index contributed by atoms with van der Waals surface area (Å²) in [5.41, 5.74) is 0.378. The molecule has 0 bridgehead atoms. The number of methoxy groups -OCH3 is 1. The van der Waals surface area contributed by atoms with Gasteiger partial charge in [-0.25, -0.2) is 19.7 Å². The Morgan fingerprint density at radius 1 is 0.638 bits per heavy atom. The molecule has 4 aromatic rings. The van der Waals surface area contributed by atoms with Crippen LogP contribution in [0.4, 0.5) is 0 Å². The summed E-state index contributed by atoms with van der Waals surface area (Å²) in [6.07, 6.45) is -2.67. The Bertz CT molecular complexity index is 1720. The van der Waals surface area contributed by atoms with Crippen molar-refractivity contribution in [2.75, 3.05) is 13.7 Å². The number of aromatic hydroxyl groups is 3. The topological polar surface area (TPSA) is 208 Å². The Balaban J connectivity index is 1.80. The first kappa shape index (κ1) is 34.1. The van der Waals surface area contributed by atoms with E-state index in [1.165, 1.54) is 82.5 Å². The highest BCUT2D eigenvalue weighted by Gasteiger charge is 2.22. The second kappa shape index (κ2) is 14.6. The van der Waals surface area contributed by atoms with Crippen LogP contribution in [0, 0.1) is 0 Å². The fourth-order valence-corrected chi connectivity index (χ4v) is 4.16. The number of rotatable bonds is 13. The smallest absolute Gasteiger partial charge is 0.346 e. The Hall–Kier alpha value is -5.76. The van der Waals surface area contributed by atoms with Crippen LogP contribution in [0.15, 0.2) is 54.6 Å². The van der Waals surface area contributed by atoms with E-state index >= 15 is 0 Å². The van der Waals surface area contributed by atoms with E-state index in [9.17, 15) is 29.7 Å². The molecular formula is C33H33N3O11. The fraction of sp³-hybridized carbons (Fsp3) is 0.273. The van der Waals surface area contributed by atoms with Gasteiger partial charge in [-0.05, 0) is 64.1 Å². The SMILES string of the molecule is COC(=O)C(C)Oc1ccc(-c2nc(-c3ccc(OC(C)C(C)=O)cc3O)nc(-c3ccc(OC(C)C(=O)CO)cc3O)n2)c(O)c1. The highest BCUT2D eigenvalue weighted by Crippen LogP contribution is 2.38. The van der Waals surface area contributed by atoms with Crippen molar-refractivity contribution in [2.24, 2.45) is 0 Å². The summed E-state index contributed by atoms with van der Waals surface area (Å²) in [5, 5.41) is 41.9. The molecule has 47 heavy (non-hydrogen) atoms. The molecule has 246 valence electrons. The minimum atomic E-state index is -0.973. The van der Waals surface area contributed by atoms with Gasteiger partial charge in [0.1, 0.15) is 41.1 Å². The van der Waals surface area contributed by atoms with Crippen LogP contribution in [0.1, 0.15) is 27.7 Å². The van der Waals surface area contributed by atoms with E-state index in [0.717, 1.165) is 0 Å². The van der Waals surface area contributed by atoms with Crippen LogP contribution >= 0.6 is 0 Å². The molecule has 14 nitrogen and oxygen atoms in total. The third kappa shape index (κ3) is 8.10. The number of Topliss-reactive ketones (excluding diaryl/α,β-unsaturated/α-hetero) is 2. The normalized spacial score (nSPS) is 12.8. The van der Waals surface area contributed by atoms with Gasteiger partial charge in [-0.1, -0.05) is 0 Å². The van der Waals surface area contributed by atoms with Gasteiger partial charge in [0.15, 0.2) is 47.4 Å². The Labute approximate surface area is 269 Å². The summed E-state index contributed by atoms with van der Waals surface area (Å²) >= 11 is 0. The number of nitrogens with zero attached hydrogens (tertiary/aromatic N) is 3. The molecule has 14 heteroatoms. The summed E-state index contributed by atoms with van der Waals surface area (Å²) < 4.78 is 21.3. The lowest BCUT2D eigenvalue weighted by molar-refractivity contribution is -0.147. The summed E-state index contributed by atoms with van der Waals surface area (Å²) in [6.45, 7) is 5.19. The van der Waals surface area contributed by atoms with Gasteiger partial charge in [0.25, 0.3) is 0 Å². The Morgan fingerprint density at radius 2 is 1.00 bits per heavy atom. The third-order valence-electron chi connectivity index (χ3n) is 6.92. The average Bonchev–Trinajstić information content (AvgIpc) is 3.03. The number of hydrogen-bond acceptors (Lipinski definition) is 14. The van der Waals surface area contributed by atoms with Gasteiger partial charge in [0.05, 0.1) is 23.8 Å². The van der Waals surface area contributed by atoms with Gasteiger partial charge in [-0.2, -0.15) is 0 Å². The molecular weight excluding hydrogens is 614 g/mol. The van der Waals surface area contributed by atoms with Gasteiger partial charge in [0, 0.05) is 18.2 Å². The molecule has 1 heterocycles. The molecule has 0 saturated carbocycles. The van der Waals surface area contributed by atoms with E-state index in [4.69, 9.17) is 19.3 Å². The number of phenolic OH excluding ortho intramolecular Hbond substituents is 3. The van der Waals surface area contributed by atoms with Crippen LogP contribution in [0.25, 0.3) is 34.2 Å². The van der Waals surface area contributed by atoms with Crippen LogP contribution < -0.4 is 14.2 Å². The number of ketones is 2. The van der Waals surface area contributed by atoms with Gasteiger partial charge in [0.2, 0.25) is 0 Å². The minimum Gasteiger partial charge on any atom is -0.507 e. The van der Waals surface area contributed by atoms with Crippen molar-refractivity contribution in [1.29, 1.82) is 0 Å². The van der Waals surface area contributed by atoms with E-state index in [1.807, 2.05) is 0 Å². The molecule has 3 aromatic carbocycles. The number of phenols is 3. The lowest BCUT2D eigenvalue weighted by Crippen LogP contribution is -2.26. The standard InChI is InChI=1S/C33H33N3O11/c1-16(38)17(2)45-20-6-9-23(26(39)12-20)30-34-31(24-10-7-21(13-27(24)40)46-18(3)29(42)15-37)36-32(35-30)25-11-8-22(14-28(25)41)47-19(4)33(43)44-5/h6-14,17-19,37,39-41H,15H2,1-5H3. The second-order valence-corrected chi connectivity index (χ2v) is 10.4.